The standard InChI is InChI=1S/C25H21FN2O2S/c1-16(2)17-9-13-20(14-10-17)28-24(30)21-5-3-4-6-22(21)27-25(28)31-15-23(29)18-7-11-19(26)12-8-18/h3-14,16H,15H2,1-2H3. The number of rotatable bonds is 6. The van der Waals surface area contributed by atoms with Crippen LogP contribution in [0, 0.1) is 5.82 Å². The van der Waals surface area contributed by atoms with Gasteiger partial charge in [-0.15, -0.1) is 0 Å². The zero-order valence-electron chi connectivity index (χ0n) is 17.2. The molecule has 0 saturated carbocycles. The Bertz CT molecular complexity index is 1300. The summed E-state index contributed by atoms with van der Waals surface area (Å²) in [5, 5.41) is 0.959. The molecule has 0 fully saturated rings. The van der Waals surface area contributed by atoms with Crippen molar-refractivity contribution in [3.05, 3.63) is 100 Å². The SMILES string of the molecule is CC(C)c1ccc(-n2c(SCC(=O)c3ccc(F)cc3)nc3ccccc3c2=O)cc1. The van der Waals surface area contributed by atoms with Crippen molar-refractivity contribution in [2.45, 2.75) is 24.9 Å². The molecule has 1 aromatic heterocycles. The number of fused-ring (bicyclic) bond motifs is 1. The first-order valence-electron chi connectivity index (χ1n) is 9.98. The summed E-state index contributed by atoms with van der Waals surface area (Å²) in [5.74, 6) is -0.0867. The first-order valence-corrected chi connectivity index (χ1v) is 11.0. The van der Waals surface area contributed by atoms with Crippen LogP contribution < -0.4 is 5.56 Å². The number of carbonyl (C=O) groups is 1. The molecule has 31 heavy (non-hydrogen) atoms. The van der Waals surface area contributed by atoms with E-state index in [0.717, 1.165) is 0 Å². The van der Waals surface area contributed by atoms with Crippen molar-refractivity contribution < 1.29 is 9.18 Å². The summed E-state index contributed by atoms with van der Waals surface area (Å²) < 4.78 is 14.7. The van der Waals surface area contributed by atoms with E-state index in [2.05, 4.69) is 18.8 Å². The molecule has 0 atom stereocenters. The van der Waals surface area contributed by atoms with Gasteiger partial charge in [0.15, 0.2) is 10.9 Å². The lowest BCUT2D eigenvalue weighted by Crippen LogP contribution is -2.22. The molecule has 3 aromatic carbocycles. The number of hydrogen-bond donors (Lipinski definition) is 0. The maximum atomic E-state index is 13.3. The van der Waals surface area contributed by atoms with Crippen LogP contribution >= 0.6 is 11.8 Å². The fourth-order valence-corrected chi connectivity index (χ4v) is 4.20. The third-order valence-corrected chi connectivity index (χ3v) is 6.00. The van der Waals surface area contributed by atoms with Crippen molar-refractivity contribution >= 4 is 28.4 Å². The van der Waals surface area contributed by atoms with Crippen LogP contribution in [0.2, 0.25) is 0 Å². The molecule has 0 aliphatic rings. The zero-order valence-corrected chi connectivity index (χ0v) is 18.0. The number of thioether (sulfide) groups is 1. The predicted molar refractivity (Wildman–Crippen MR) is 123 cm³/mol. The highest BCUT2D eigenvalue weighted by Gasteiger charge is 2.16. The third kappa shape index (κ3) is 4.44. The van der Waals surface area contributed by atoms with Gasteiger partial charge in [-0.2, -0.15) is 0 Å². The van der Waals surface area contributed by atoms with Gasteiger partial charge in [0.1, 0.15) is 5.82 Å². The summed E-state index contributed by atoms with van der Waals surface area (Å²) in [6, 6.07) is 20.4. The Morgan fingerprint density at radius 1 is 1.00 bits per heavy atom. The number of aromatic nitrogens is 2. The van der Waals surface area contributed by atoms with E-state index in [4.69, 9.17) is 0 Å². The molecule has 0 saturated heterocycles. The van der Waals surface area contributed by atoms with E-state index < -0.39 is 0 Å². The zero-order chi connectivity index (χ0) is 22.0. The van der Waals surface area contributed by atoms with E-state index in [-0.39, 0.29) is 22.9 Å². The molecular formula is C25H21FN2O2S. The van der Waals surface area contributed by atoms with Gasteiger partial charge in [0.25, 0.3) is 5.56 Å². The lowest BCUT2D eigenvalue weighted by atomic mass is 10.0. The van der Waals surface area contributed by atoms with E-state index in [1.54, 1.807) is 16.7 Å². The minimum Gasteiger partial charge on any atom is -0.293 e. The monoisotopic (exact) mass is 432 g/mol. The van der Waals surface area contributed by atoms with Gasteiger partial charge in [-0.3, -0.25) is 14.2 Å². The number of benzene rings is 3. The predicted octanol–water partition coefficient (Wildman–Crippen LogP) is 5.62. The molecule has 1 heterocycles. The maximum absolute atomic E-state index is 13.3. The highest BCUT2D eigenvalue weighted by Crippen LogP contribution is 2.24. The second-order valence-corrected chi connectivity index (χ2v) is 8.46. The van der Waals surface area contributed by atoms with Crippen LogP contribution in [-0.4, -0.2) is 21.1 Å². The van der Waals surface area contributed by atoms with Crippen LogP contribution in [0.25, 0.3) is 16.6 Å². The molecule has 0 N–H and O–H groups in total. The molecule has 0 spiro atoms. The van der Waals surface area contributed by atoms with Crippen LogP contribution in [0.4, 0.5) is 4.39 Å². The van der Waals surface area contributed by atoms with Gasteiger partial charge in [-0.05, 0) is 60.0 Å². The number of nitrogens with zero attached hydrogens (tertiary/aromatic N) is 2. The van der Waals surface area contributed by atoms with Crippen LogP contribution in [0.1, 0.15) is 35.7 Å². The topological polar surface area (TPSA) is 52.0 Å². The molecule has 0 bridgehead atoms. The second-order valence-electron chi connectivity index (χ2n) is 7.52. The number of Topliss-reactive ketones (excluding diaryl/α,β-unsaturated/α-hetero) is 1. The van der Waals surface area contributed by atoms with Gasteiger partial charge >= 0.3 is 0 Å². The Balaban J connectivity index is 1.74. The Morgan fingerprint density at radius 2 is 1.68 bits per heavy atom. The number of para-hydroxylation sites is 1. The Labute approximate surface area is 183 Å². The fourth-order valence-electron chi connectivity index (χ4n) is 3.29. The maximum Gasteiger partial charge on any atom is 0.266 e. The van der Waals surface area contributed by atoms with E-state index >= 15 is 0 Å². The summed E-state index contributed by atoms with van der Waals surface area (Å²) >= 11 is 1.20. The third-order valence-electron chi connectivity index (χ3n) is 5.06. The first kappa shape index (κ1) is 21.0. The van der Waals surface area contributed by atoms with Crippen molar-refractivity contribution in [1.29, 1.82) is 0 Å². The van der Waals surface area contributed by atoms with Crippen molar-refractivity contribution in [2.24, 2.45) is 0 Å². The van der Waals surface area contributed by atoms with Crippen molar-refractivity contribution in [3.8, 4) is 5.69 Å². The summed E-state index contributed by atoms with van der Waals surface area (Å²) in [6.07, 6.45) is 0. The smallest absolute Gasteiger partial charge is 0.266 e. The van der Waals surface area contributed by atoms with Crippen molar-refractivity contribution in [2.75, 3.05) is 5.75 Å². The summed E-state index contributed by atoms with van der Waals surface area (Å²) in [6.45, 7) is 4.22. The highest BCUT2D eigenvalue weighted by molar-refractivity contribution is 7.99. The average Bonchev–Trinajstić information content (AvgIpc) is 2.78. The lowest BCUT2D eigenvalue weighted by Gasteiger charge is -2.14. The number of ketones is 1. The Kier molecular flexibility index (Phi) is 6.00. The summed E-state index contributed by atoms with van der Waals surface area (Å²) in [5.41, 5.74) is 2.69. The molecule has 0 radical (unpaired) electrons. The summed E-state index contributed by atoms with van der Waals surface area (Å²) in [4.78, 5) is 30.6. The molecule has 0 aliphatic heterocycles. The van der Waals surface area contributed by atoms with Crippen LogP contribution in [0.3, 0.4) is 0 Å². The van der Waals surface area contributed by atoms with E-state index in [1.165, 1.54) is 41.6 Å². The first-order chi connectivity index (χ1) is 14.9. The molecule has 0 amide bonds. The molecule has 6 heteroatoms. The largest absolute Gasteiger partial charge is 0.293 e. The molecule has 4 rings (SSSR count). The van der Waals surface area contributed by atoms with Gasteiger partial charge < -0.3 is 0 Å². The molecule has 4 aromatic rings. The molecule has 0 unspecified atom stereocenters. The summed E-state index contributed by atoms with van der Waals surface area (Å²) in [7, 11) is 0. The van der Waals surface area contributed by atoms with Crippen LogP contribution in [-0.2, 0) is 0 Å². The van der Waals surface area contributed by atoms with Crippen molar-refractivity contribution in [3.63, 3.8) is 0 Å². The van der Waals surface area contributed by atoms with E-state index in [9.17, 15) is 14.0 Å². The van der Waals surface area contributed by atoms with Gasteiger partial charge in [-0.25, -0.2) is 9.37 Å². The fraction of sp³-hybridized carbons (Fsp3) is 0.160. The van der Waals surface area contributed by atoms with E-state index in [1.807, 2.05) is 36.4 Å². The second kappa shape index (κ2) is 8.86. The quantitative estimate of drug-likeness (QED) is 0.225. The number of halogens is 1. The van der Waals surface area contributed by atoms with Crippen molar-refractivity contribution in [1.82, 2.24) is 9.55 Å². The van der Waals surface area contributed by atoms with Crippen LogP contribution in [0.15, 0.2) is 82.7 Å². The molecule has 4 nitrogen and oxygen atoms in total. The van der Waals surface area contributed by atoms with Gasteiger partial charge in [-0.1, -0.05) is 49.9 Å². The highest BCUT2D eigenvalue weighted by atomic mass is 32.2. The average molecular weight is 433 g/mol. The van der Waals surface area contributed by atoms with Crippen LogP contribution in [0.5, 0.6) is 0 Å². The molecule has 0 aliphatic carbocycles. The minimum absolute atomic E-state index is 0.0838. The number of carbonyl (C=O) groups excluding carboxylic acids is 1. The Hall–Kier alpha value is -3.25. The number of hydrogen-bond acceptors (Lipinski definition) is 4. The van der Waals surface area contributed by atoms with Gasteiger partial charge in [0.05, 0.1) is 22.3 Å². The normalized spacial score (nSPS) is 11.2. The van der Waals surface area contributed by atoms with E-state index in [0.29, 0.717) is 33.2 Å². The van der Waals surface area contributed by atoms with Gasteiger partial charge in [0.2, 0.25) is 0 Å². The minimum atomic E-state index is -0.390. The molecule has 156 valence electrons. The molecular weight excluding hydrogens is 411 g/mol. The Morgan fingerprint density at radius 3 is 2.35 bits per heavy atom. The lowest BCUT2D eigenvalue weighted by molar-refractivity contribution is 0.102. The van der Waals surface area contributed by atoms with Gasteiger partial charge in [0, 0.05) is 5.56 Å².